The molecule has 0 radical (unpaired) electrons. The van der Waals surface area contributed by atoms with Crippen molar-refractivity contribution in [3.05, 3.63) is 60.2 Å². The minimum atomic E-state index is -0.476. The number of morpholine rings is 1. The van der Waals surface area contributed by atoms with E-state index in [-0.39, 0.29) is 24.7 Å². The molecule has 5 heteroatoms. The summed E-state index contributed by atoms with van der Waals surface area (Å²) >= 11 is 0. The van der Waals surface area contributed by atoms with Crippen molar-refractivity contribution in [1.29, 1.82) is 0 Å². The molecule has 0 spiro atoms. The molecular weight excluding hydrogens is 354 g/mol. The SMILES string of the molecule is C[C@@H]1CN(C(=O)COC(=O)c2c3ccccc3cc3ccccc23)C[C@H](C)O1. The molecule has 2 atom stereocenters. The van der Waals surface area contributed by atoms with Gasteiger partial charge in [-0.25, -0.2) is 4.79 Å². The van der Waals surface area contributed by atoms with Gasteiger partial charge in [-0.15, -0.1) is 0 Å². The van der Waals surface area contributed by atoms with Gasteiger partial charge in [0.15, 0.2) is 6.61 Å². The average Bonchev–Trinajstić information content (AvgIpc) is 2.69. The zero-order valence-corrected chi connectivity index (χ0v) is 16.1. The minimum absolute atomic E-state index is 0.0228. The average molecular weight is 377 g/mol. The molecule has 0 bridgehead atoms. The molecule has 1 aliphatic rings. The standard InChI is InChI=1S/C23H23NO4/c1-15-12-24(13-16(2)28-15)21(25)14-27-23(26)22-19-9-5-3-7-17(19)11-18-8-4-6-10-20(18)22/h3-11,15-16H,12-14H2,1-2H3/t15-,16+. The van der Waals surface area contributed by atoms with Crippen LogP contribution < -0.4 is 0 Å². The summed E-state index contributed by atoms with van der Waals surface area (Å²) in [6.45, 7) is 4.63. The molecule has 1 heterocycles. The Hall–Kier alpha value is -2.92. The van der Waals surface area contributed by atoms with Crippen molar-refractivity contribution in [3.63, 3.8) is 0 Å². The van der Waals surface area contributed by atoms with Crippen molar-refractivity contribution in [3.8, 4) is 0 Å². The Balaban J connectivity index is 1.59. The number of carbonyl (C=O) groups excluding carboxylic acids is 2. The highest BCUT2D eigenvalue weighted by Gasteiger charge is 2.27. The molecule has 3 aromatic carbocycles. The van der Waals surface area contributed by atoms with Crippen LogP contribution in [0.2, 0.25) is 0 Å². The van der Waals surface area contributed by atoms with E-state index in [1.54, 1.807) is 4.90 Å². The highest BCUT2D eigenvalue weighted by molar-refractivity contribution is 6.16. The van der Waals surface area contributed by atoms with Crippen LogP contribution in [0.15, 0.2) is 54.6 Å². The van der Waals surface area contributed by atoms with Gasteiger partial charge in [0.2, 0.25) is 0 Å². The summed E-state index contributed by atoms with van der Waals surface area (Å²) < 4.78 is 11.1. The van der Waals surface area contributed by atoms with Gasteiger partial charge in [-0.3, -0.25) is 4.79 Å². The quantitative estimate of drug-likeness (QED) is 0.515. The summed E-state index contributed by atoms with van der Waals surface area (Å²) in [5, 5.41) is 3.59. The lowest BCUT2D eigenvalue weighted by Crippen LogP contribution is -2.49. The maximum Gasteiger partial charge on any atom is 0.339 e. The lowest BCUT2D eigenvalue weighted by Gasteiger charge is -2.35. The van der Waals surface area contributed by atoms with E-state index < -0.39 is 5.97 Å². The first-order chi connectivity index (χ1) is 13.5. The molecule has 1 saturated heterocycles. The van der Waals surface area contributed by atoms with Crippen LogP contribution in [-0.4, -0.2) is 48.7 Å². The van der Waals surface area contributed by atoms with Gasteiger partial charge in [0, 0.05) is 13.1 Å². The Morgan fingerprint density at radius 1 is 0.964 bits per heavy atom. The normalized spacial score (nSPS) is 19.7. The number of esters is 1. The number of ether oxygens (including phenoxy) is 2. The van der Waals surface area contributed by atoms with Gasteiger partial charge in [-0.2, -0.15) is 0 Å². The van der Waals surface area contributed by atoms with Gasteiger partial charge in [0.25, 0.3) is 5.91 Å². The third-order valence-corrected chi connectivity index (χ3v) is 5.07. The summed E-state index contributed by atoms with van der Waals surface area (Å²) in [5.74, 6) is -0.671. The number of hydrogen-bond donors (Lipinski definition) is 0. The molecule has 5 nitrogen and oxygen atoms in total. The van der Waals surface area contributed by atoms with E-state index in [0.717, 1.165) is 21.5 Å². The van der Waals surface area contributed by atoms with Crippen molar-refractivity contribution in [2.75, 3.05) is 19.7 Å². The van der Waals surface area contributed by atoms with Gasteiger partial charge in [0.05, 0.1) is 17.8 Å². The van der Waals surface area contributed by atoms with Crippen molar-refractivity contribution >= 4 is 33.4 Å². The van der Waals surface area contributed by atoms with E-state index in [1.807, 2.05) is 62.4 Å². The van der Waals surface area contributed by atoms with E-state index in [4.69, 9.17) is 9.47 Å². The molecule has 1 aliphatic heterocycles. The van der Waals surface area contributed by atoms with Crippen LogP contribution in [0, 0.1) is 0 Å². The summed E-state index contributed by atoms with van der Waals surface area (Å²) in [6.07, 6.45) is -0.0455. The third-order valence-electron chi connectivity index (χ3n) is 5.07. The number of carbonyl (C=O) groups is 2. The van der Waals surface area contributed by atoms with Crippen LogP contribution in [-0.2, 0) is 14.3 Å². The molecule has 0 saturated carbocycles. The molecule has 0 aliphatic carbocycles. The van der Waals surface area contributed by atoms with Crippen molar-refractivity contribution in [2.24, 2.45) is 0 Å². The second-order valence-electron chi connectivity index (χ2n) is 7.33. The zero-order valence-electron chi connectivity index (χ0n) is 16.1. The van der Waals surface area contributed by atoms with E-state index in [2.05, 4.69) is 6.07 Å². The fraction of sp³-hybridized carbons (Fsp3) is 0.304. The zero-order chi connectivity index (χ0) is 19.7. The molecule has 3 aromatic rings. The fourth-order valence-electron chi connectivity index (χ4n) is 3.91. The smallest absolute Gasteiger partial charge is 0.339 e. The van der Waals surface area contributed by atoms with E-state index in [1.165, 1.54) is 0 Å². The Morgan fingerprint density at radius 2 is 1.50 bits per heavy atom. The van der Waals surface area contributed by atoms with Gasteiger partial charge in [0.1, 0.15) is 0 Å². The molecule has 4 rings (SSSR count). The van der Waals surface area contributed by atoms with Gasteiger partial charge < -0.3 is 14.4 Å². The van der Waals surface area contributed by atoms with Crippen LogP contribution in [0.3, 0.4) is 0 Å². The molecule has 1 fully saturated rings. The first kappa shape index (κ1) is 18.4. The van der Waals surface area contributed by atoms with Crippen LogP contribution in [0.25, 0.3) is 21.5 Å². The predicted molar refractivity (Wildman–Crippen MR) is 108 cm³/mol. The van der Waals surface area contributed by atoms with Crippen LogP contribution >= 0.6 is 0 Å². The number of hydrogen-bond acceptors (Lipinski definition) is 4. The molecule has 0 N–H and O–H groups in total. The van der Waals surface area contributed by atoms with Crippen molar-refractivity contribution < 1.29 is 19.1 Å². The lowest BCUT2D eigenvalue weighted by molar-refractivity contribution is -0.146. The number of rotatable bonds is 3. The third kappa shape index (κ3) is 3.58. The Morgan fingerprint density at radius 3 is 2.07 bits per heavy atom. The molecule has 144 valence electrons. The molecule has 0 aromatic heterocycles. The highest BCUT2D eigenvalue weighted by atomic mass is 16.5. The summed E-state index contributed by atoms with van der Waals surface area (Å²) in [6, 6.07) is 17.5. The Kier molecular flexibility index (Phi) is 5.01. The number of fused-ring (bicyclic) bond motifs is 2. The second-order valence-corrected chi connectivity index (χ2v) is 7.33. The van der Waals surface area contributed by atoms with E-state index in [0.29, 0.717) is 18.7 Å². The van der Waals surface area contributed by atoms with Crippen LogP contribution in [0.4, 0.5) is 0 Å². The maximum atomic E-state index is 13.0. The molecular formula is C23H23NO4. The number of amides is 1. The van der Waals surface area contributed by atoms with E-state index in [9.17, 15) is 9.59 Å². The van der Waals surface area contributed by atoms with Gasteiger partial charge >= 0.3 is 5.97 Å². The van der Waals surface area contributed by atoms with Crippen molar-refractivity contribution in [1.82, 2.24) is 4.90 Å². The first-order valence-electron chi connectivity index (χ1n) is 9.54. The van der Waals surface area contributed by atoms with Crippen LogP contribution in [0.1, 0.15) is 24.2 Å². The van der Waals surface area contributed by atoms with Crippen molar-refractivity contribution in [2.45, 2.75) is 26.1 Å². The second kappa shape index (κ2) is 7.60. The van der Waals surface area contributed by atoms with Crippen LogP contribution in [0.5, 0.6) is 0 Å². The topological polar surface area (TPSA) is 55.8 Å². The largest absolute Gasteiger partial charge is 0.452 e. The minimum Gasteiger partial charge on any atom is -0.452 e. The number of benzene rings is 3. The summed E-state index contributed by atoms with van der Waals surface area (Å²) in [4.78, 5) is 27.2. The molecule has 0 unspecified atom stereocenters. The monoisotopic (exact) mass is 377 g/mol. The first-order valence-corrected chi connectivity index (χ1v) is 9.54. The molecule has 28 heavy (non-hydrogen) atoms. The predicted octanol–water partition coefficient (Wildman–Crippen LogP) is 3.79. The lowest BCUT2D eigenvalue weighted by atomic mass is 9.97. The van der Waals surface area contributed by atoms with E-state index >= 15 is 0 Å². The highest BCUT2D eigenvalue weighted by Crippen LogP contribution is 2.29. The van der Waals surface area contributed by atoms with Gasteiger partial charge in [-0.05, 0) is 41.5 Å². The summed E-state index contributed by atoms with van der Waals surface area (Å²) in [5.41, 5.74) is 0.505. The Labute approximate surface area is 163 Å². The Bertz CT molecular complexity index is 981. The van der Waals surface area contributed by atoms with Gasteiger partial charge in [-0.1, -0.05) is 48.5 Å². The number of nitrogens with zero attached hydrogens (tertiary/aromatic N) is 1. The maximum absolute atomic E-state index is 13.0. The summed E-state index contributed by atoms with van der Waals surface area (Å²) in [7, 11) is 0. The molecule has 1 amide bonds. The fourth-order valence-corrected chi connectivity index (χ4v) is 3.91.